The zero-order chi connectivity index (χ0) is 15.4. The van der Waals surface area contributed by atoms with Crippen LogP contribution in [0.5, 0.6) is 5.75 Å². The van der Waals surface area contributed by atoms with E-state index in [1.54, 1.807) is 17.0 Å². The zero-order valence-electron chi connectivity index (χ0n) is 12.4. The largest absolute Gasteiger partial charge is 0.508 e. The molecule has 4 nitrogen and oxygen atoms in total. The number of hydrogen-bond donors (Lipinski definition) is 1. The van der Waals surface area contributed by atoms with Gasteiger partial charge in [-0.05, 0) is 41.7 Å². The topological polar surface area (TPSA) is 49.8 Å². The molecule has 0 bridgehead atoms. The lowest BCUT2D eigenvalue weighted by Crippen LogP contribution is -2.31. The molecule has 0 unspecified atom stereocenters. The van der Waals surface area contributed by atoms with Gasteiger partial charge in [0, 0.05) is 13.1 Å². The third-order valence-electron chi connectivity index (χ3n) is 3.89. The second-order valence-electron chi connectivity index (χ2n) is 5.52. The second-order valence-corrected chi connectivity index (χ2v) is 5.52. The number of amides is 1. The predicted octanol–water partition coefficient (Wildman–Crippen LogP) is 3.48. The first-order chi connectivity index (χ1) is 10.7. The Morgan fingerprint density at radius 3 is 2.77 bits per heavy atom. The third kappa shape index (κ3) is 3.39. The summed E-state index contributed by atoms with van der Waals surface area (Å²) in [6, 6.07) is 15.0. The first-order valence-corrected chi connectivity index (χ1v) is 7.49. The Balaban J connectivity index is 1.65. The molecule has 0 radical (unpaired) electrons. The Labute approximate surface area is 130 Å². The van der Waals surface area contributed by atoms with Crippen molar-refractivity contribution in [3.63, 3.8) is 0 Å². The molecule has 1 N–H and O–H groups in total. The molecule has 0 aliphatic carbocycles. The van der Waals surface area contributed by atoms with Crippen LogP contribution in [0.1, 0.15) is 23.1 Å². The molecule has 22 heavy (non-hydrogen) atoms. The van der Waals surface area contributed by atoms with Gasteiger partial charge in [-0.25, -0.2) is 4.79 Å². The summed E-state index contributed by atoms with van der Waals surface area (Å²) in [5, 5.41) is 9.62. The molecule has 1 heterocycles. The fraction of sp³-hybridized carbons (Fsp3) is 0.278. The van der Waals surface area contributed by atoms with Gasteiger partial charge >= 0.3 is 6.09 Å². The van der Waals surface area contributed by atoms with Crippen molar-refractivity contribution in [3.05, 3.63) is 65.2 Å². The number of aryl methyl sites for hydroxylation is 1. The highest BCUT2D eigenvalue weighted by atomic mass is 16.6. The third-order valence-corrected chi connectivity index (χ3v) is 3.89. The molecule has 2 aromatic carbocycles. The number of nitrogens with zero attached hydrogens (tertiary/aromatic N) is 1. The summed E-state index contributed by atoms with van der Waals surface area (Å²) in [6.45, 7) is 1.43. The summed E-state index contributed by atoms with van der Waals surface area (Å²) in [5.74, 6) is 0.234. The summed E-state index contributed by atoms with van der Waals surface area (Å²) in [6.07, 6.45) is 1.51. The number of hydrogen-bond acceptors (Lipinski definition) is 3. The fourth-order valence-corrected chi connectivity index (χ4v) is 2.71. The van der Waals surface area contributed by atoms with Crippen molar-refractivity contribution in [1.82, 2.24) is 4.90 Å². The molecule has 0 atom stereocenters. The van der Waals surface area contributed by atoms with Crippen LogP contribution in [-0.2, 0) is 24.3 Å². The van der Waals surface area contributed by atoms with E-state index in [4.69, 9.17) is 4.74 Å². The molecule has 0 saturated heterocycles. The first-order valence-electron chi connectivity index (χ1n) is 7.49. The van der Waals surface area contributed by atoms with Crippen LogP contribution in [0.15, 0.2) is 48.5 Å². The zero-order valence-corrected chi connectivity index (χ0v) is 12.4. The summed E-state index contributed by atoms with van der Waals surface area (Å²) >= 11 is 0. The predicted molar refractivity (Wildman–Crippen MR) is 83.5 cm³/mol. The molecule has 4 heteroatoms. The first kappa shape index (κ1) is 14.4. The molecule has 0 saturated carbocycles. The molecule has 0 spiro atoms. The second kappa shape index (κ2) is 6.52. The van der Waals surface area contributed by atoms with Crippen molar-refractivity contribution < 1.29 is 14.6 Å². The van der Waals surface area contributed by atoms with Crippen molar-refractivity contribution in [2.75, 3.05) is 6.54 Å². The average Bonchev–Trinajstić information content (AvgIpc) is 2.75. The lowest BCUT2D eigenvalue weighted by Gasteiger charge is -2.20. The van der Waals surface area contributed by atoms with E-state index in [-0.39, 0.29) is 18.4 Å². The normalized spacial score (nSPS) is 14.1. The van der Waals surface area contributed by atoms with E-state index >= 15 is 0 Å². The number of carbonyl (C=O) groups is 1. The minimum atomic E-state index is -0.306. The Bertz CT molecular complexity index is 655. The molecule has 0 aromatic heterocycles. The van der Waals surface area contributed by atoms with Crippen LogP contribution < -0.4 is 0 Å². The van der Waals surface area contributed by atoms with Gasteiger partial charge < -0.3 is 14.7 Å². The highest BCUT2D eigenvalue weighted by molar-refractivity contribution is 5.68. The van der Waals surface area contributed by atoms with Gasteiger partial charge in [-0.15, -0.1) is 0 Å². The smallest absolute Gasteiger partial charge is 0.410 e. The van der Waals surface area contributed by atoms with Crippen molar-refractivity contribution in [3.8, 4) is 5.75 Å². The number of phenols is 1. The Kier molecular flexibility index (Phi) is 4.28. The quantitative estimate of drug-likeness (QED) is 0.923. The van der Waals surface area contributed by atoms with Gasteiger partial charge in [0.2, 0.25) is 0 Å². The number of ether oxygens (including phenoxy) is 1. The highest BCUT2D eigenvalue weighted by Crippen LogP contribution is 2.23. The maximum absolute atomic E-state index is 12.3. The van der Waals surface area contributed by atoms with Gasteiger partial charge in [0.1, 0.15) is 12.4 Å². The molecule has 0 fully saturated rings. The van der Waals surface area contributed by atoms with E-state index in [1.807, 2.05) is 36.4 Å². The summed E-state index contributed by atoms with van der Waals surface area (Å²) in [7, 11) is 0. The standard InChI is InChI=1S/C18H19NO3/c20-17-9-8-15-7-4-10-19(12-16(15)11-17)18(21)22-13-14-5-2-1-3-6-14/h1-3,5-6,8-9,11,20H,4,7,10,12-13H2. The number of rotatable bonds is 2. The van der Waals surface area contributed by atoms with Gasteiger partial charge in [-0.3, -0.25) is 0 Å². The van der Waals surface area contributed by atoms with Gasteiger partial charge in [0.05, 0.1) is 0 Å². The van der Waals surface area contributed by atoms with Crippen molar-refractivity contribution >= 4 is 6.09 Å². The Hall–Kier alpha value is -2.49. The maximum atomic E-state index is 12.3. The van der Waals surface area contributed by atoms with E-state index in [1.165, 1.54) is 5.56 Å². The minimum absolute atomic E-state index is 0.234. The van der Waals surface area contributed by atoms with Crippen LogP contribution in [-0.4, -0.2) is 22.6 Å². The molecular weight excluding hydrogens is 278 g/mol. The average molecular weight is 297 g/mol. The molecule has 1 aliphatic heterocycles. The van der Waals surface area contributed by atoms with Gasteiger partial charge in [-0.1, -0.05) is 36.4 Å². The van der Waals surface area contributed by atoms with E-state index in [2.05, 4.69) is 0 Å². The molecule has 1 aliphatic rings. The van der Waals surface area contributed by atoms with Crippen LogP contribution in [0, 0.1) is 0 Å². The minimum Gasteiger partial charge on any atom is -0.508 e. The van der Waals surface area contributed by atoms with Gasteiger partial charge in [0.15, 0.2) is 0 Å². The lowest BCUT2D eigenvalue weighted by atomic mass is 10.0. The van der Waals surface area contributed by atoms with Crippen LogP contribution in [0.2, 0.25) is 0 Å². The Morgan fingerprint density at radius 2 is 1.95 bits per heavy atom. The summed E-state index contributed by atoms with van der Waals surface area (Å²) in [5.41, 5.74) is 3.16. The molecular formula is C18H19NO3. The SMILES string of the molecule is O=C(OCc1ccccc1)N1CCCc2ccc(O)cc2C1. The van der Waals surface area contributed by atoms with Crippen molar-refractivity contribution in [1.29, 1.82) is 0 Å². The van der Waals surface area contributed by atoms with E-state index in [0.29, 0.717) is 13.1 Å². The number of fused-ring (bicyclic) bond motifs is 1. The van der Waals surface area contributed by atoms with Gasteiger partial charge in [0.25, 0.3) is 0 Å². The van der Waals surface area contributed by atoms with E-state index in [9.17, 15) is 9.90 Å². The molecule has 1 amide bonds. The van der Waals surface area contributed by atoms with Crippen molar-refractivity contribution in [2.45, 2.75) is 26.0 Å². The number of carbonyl (C=O) groups excluding carboxylic acids is 1. The van der Waals surface area contributed by atoms with Crippen LogP contribution in [0.4, 0.5) is 4.79 Å². The lowest BCUT2D eigenvalue weighted by molar-refractivity contribution is 0.0942. The number of phenolic OH excluding ortho intramolecular Hbond substituents is 1. The molecule has 114 valence electrons. The van der Waals surface area contributed by atoms with Crippen LogP contribution >= 0.6 is 0 Å². The van der Waals surface area contributed by atoms with E-state index in [0.717, 1.165) is 24.0 Å². The fourth-order valence-electron chi connectivity index (χ4n) is 2.71. The monoisotopic (exact) mass is 297 g/mol. The van der Waals surface area contributed by atoms with Crippen LogP contribution in [0.25, 0.3) is 0 Å². The maximum Gasteiger partial charge on any atom is 0.410 e. The highest BCUT2D eigenvalue weighted by Gasteiger charge is 2.20. The summed E-state index contributed by atoms with van der Waals surface area (Å²) in [4.78, 5) is 14.0. The number of benzene rings is 2. The van der Waals surface area contributed by atoms with E-state index < -0.39 is 0 Å². The number of aromatic hydroxyl groups is 1. The molecule has 3 rings (SSSR count). The molecule has 2 aromatic rings. The van der Waals surface area contributed by atoms with Crippen molar-refractivity contribution in [2.24, 2.45) is 0 Å². The van der Waals surface area contributed by atoms with Crippen LogP contribution in [0.3, 0.4) is 0 Å². The summed E-state index contributed by atoms with van der Waals surface area (Å²) < 4.78 is 5.39. The van der Waals surface area contributed by atoms with Gasteiger partial charge in [-0.2, -0.15) is 0 Å². The Morgan fingerprint density at radius 1 is 1.14 bits per heavy atom.